The monoisotopic (exact) mass is 415 g/mol. The first-order chi connectivity index (χ1) is 14.1. The molecule has 152 valence electrons. The molecule has 1 fully saturated rings. The second kappa shape index (κ2) is 8.37. The number of morpholine rings is 1. The SMILES string of the molecule is O=S(=O)(NCCO)c1cccc(-c2ccc3ncnc(N4CCOCC4)c3n2)c1. The minimum Gasteiger partial charge on any atom is -0.395 e. The Hall–Kier alpha value is -2.66. The van der Waals surface area contributed by atoms with Gasteiger partial charge in [0, 0.05) is 25.2 Å². The summed E-state index contributed by atoms with van der Waals surface area (Å²) in [5, 5.41) is 8.88. The molecule has 3 heterocycles. The number of nitrogens with one attached hydrogen (secondary N) is 1. The maximum Gasteiger partial charge on any atom is 0.240 e. The van der Waals surface area contributed by atoms with Crippen molar-refractivity contribution in [1.82, 2.24) is 19.7 Å². The van der Waals surface area contributed by atoms with E-state index in [0.29, 0.717) is 30.0 Å². The zero-order valence-electron chi connectivity index (χ0n) is 15.7. The van der Waals surface area contributed by atoms with Gasteiger partial charge in [-0.25, -0.2) is 28.1 Å². The predicted molar refractivity (Wildman–Crippen MR) is 108 cm³/mol. The number of aliphatic hydroxyl groups is 1. The van der Waals surface area contributed by atoms with Crippen LogP contribution in [0.15, 0.2) is 47.6 Å². The summed E-state index contributed by atoms with van der Waals surface area (Å²) in [6, 6.07) is 10.2. The van der Waals surface area contributed by atoms with E-state index < -0.39 is 10.0 Å². The van der Waals surface area contributed by atoms with Gasteiger partial charge < -0.3 is 14.7 Å². The van der Waals surface area contributed by atoms with E-state index in [1.165, 1.54) is 12.4 Å². The second-order valence-electron chi connectivity index (χ2n) is 6.51. The fraction of sp³-hybridized carbons (Fsp3) is 0.316. The molecule has 2 aromatic heterocycles. The highest BCUT2D eigenvalue weighted by Crippen LogP contribution is 2.27. The molecule has 0 atom stereocenters. The fourth-order valence-corrected chi connectivity index (χ4v) is 4.25. The number of hydrogen-bond donors (Lipinski definition) is 2. The van der Waals surface area contributed by atoms with Gasteiger partial charge in [-0.1, -0.05) is 12.1 Å². The molecule has 1 aliphatic heterocycles. The first-order valence-corrected chi connectivity index (χ1v) is 10.7. The van der Waals surface area contributed by atoms with E-state index in [2.05, 4.69) is 19.6 Å². The Morgan fingerprint density at radius 1 is 1.14 bits per heavy atom. The molecule has 0 amide bonds. The smallest absolute Gasteiger partial charge is 0.240 e. The molecule has 10 heteroatoms. The van der Waals surface area contributed by atoms with Crippen molar-refractivity contribution in [2.75, 3.05) is 44.4 Å². The topological polar surface area (TPSA) is 118 Å². The highest BCUT2D eigenvalue weighted by molar-refractivity contribution is 7.89. The molecule has 0 aliphatic carbocycles. The number of aromatic nitrogens is 3. The Kier molecular flexibility index (Phi) is 5.67. The molecule has 0 spiro atoms. The molecule has 29 heavy (non-hydrogen) atoms. The van der Waals surface area contributed by atoms with Gasteiger partial charge in [-0.15, -0.1) is 0 Å². The van der Waals surface area contributed by atoms with Crippen LogP contribution in [0.1, 0.15) is 0 Å². The van der Waals surface area contributed by atoms with Gasteiger partial charge in [-0.05, 0) is 24.3 Å². The molecule has 2 N–H and O–H groups in total. The summed E-state index contributed by atoms with van der Waals surface area (Å²) < 4.78 is 32.5. The lowest BCUT2D eigenvalue weighted by Gasteiger charge is -2.28. The van der Waals surface area contributed by atoms with E-state index in [4.69, 9.17) is 14.8 Å². The molecule has 0 saturated carbocycles. The molecule has 1 aromatic carbocycles. The summed E-state index contributed by atoms with van der Waals surface area (Å²) in [5.74, 6) is 0.744. The van der Waals surface area contributed by atoms with Crippen LogP contribution in [0.4, 0.5) is 5.82 Å². The third-order valence-electron chi connectivity index (χ3n) is 4.62. The third-order valence-corrected chi connectivity index (χ3v) is 6.08. The molecule has 1 saturated heterocycles. The summed E-state index contributed by atoms with van der Waals surface area (Å²) >= 11 is 0. The lowest BCUT2D eigenvalue weighted by atomic mass is 10.1. The van der Waals surface area contributed by atoms with Crippen LogP contribution >= 0.6 is 0 Å². The average Bonchev–Trinajstić information content (AvgIpc) is 2.77. The minimum atomic E-state index is -3.71. The van der Waals surface area contributed by atoms with Crippen molar-refractivity contribution in [3.63, 3.8) is 0 Å². The van der Waals surface area contributed by atoms with Gasteiger partial charge >= 0.3 is 0 Å². The van der Waals surface area contributed by atoms with E-state index >= 15 is 0 Å². The number of aliphatic hydroxyl groups excluding tert-OH is 1. The van der Waals surface area contributed by atoms with Gasteiger partial charge in [0.25, 0.3) is 0 Å². The van der Waals surface area contributed by atoms with Gasteiger partial charge in [0.1, 0.15) is 11.8 Å². The molecule has 0 unspecified atom stereocenters. The lowest BCUT2D eigenvalue weighted by Crippen LogP contribution is -2.37. The van der Waals surface area contributed by atoms with Crippen molar-refractivity contribution in [2.24, 2.45) is 0 Å². The summed E-state index contributed by atoms with van der Waals surface area (Å²) in [7, 11) is -3.71. The van der Waals surface area contributed by atoms with E-state index in [1.54, 1.807) is 18.2 Å². The zero-order valence-corrected chi connectivity index (χ0v) is 16.5. The van der Waals surface area contributed by atoms with Gasteiger partial charge in [0.15, 0.2) is 5.82 Å². The van der Waals surface area contributed by atoms with Crippen LogP contribution in [-0.2, 0) is 14.8 Å². The maximum absolute atomic E-state index is 12.4. The van der Waals surface area contributed by atoms with Crippen molar-refractivity contribution >= 4 is 26.9 Å². The van der Waals surface area contributed by atoms with Crippen molar-refractivity contribution in [3.8, 4) is 11.3 Å². The molecular formula is C19H21N5O4S. The van der Waals surface area contributed by atoms with Crippen molar-refractivity contribution in [1.29, 1.82) is 0 Å². The average molecular weight is 415 g/mol. The standard InChI is InChI=1S/C19H21N5O4S/c25-9-6-22-29(26,27)15-3-1-2-14(12-15)16-4-5-17-18(23-16)19(21-13-20-17)24-7-10-28-11-8-24/h1-5,12-13,22,25H,6-11H2. The molecule has 3 aromatic rings. The number of ether oxygens (including phenoxy) is 1. The van der Waals surface area contributed by atoms with Crippen LogP contribution in [0.25, 0.3) is 22.3 Å². The summed E-state index contributed by atoms with van der Waals surface area (Å²) in [6.45, 7) is 2.40. The number of hydrogen-bond acceptors (Lipinski definition) is 8. The lowest BCUT2D eigenvalue weighted by molar-refractivity contribution is 0.122. The summed E-state index contributed by atoms with van der Waals surface area (Å²) in [6.07, 6.45) is 1.52. The fourth-order valence-electron chi connectivity index (χ4n) is 3.18. The molecule has 9 nitrogen and oxygen atoms in total. The van der Waals surface area contributed by atoms with E-state index in [0.717, 1.165) is 24.4 Å². The van der Waals surface area contributed by atoms with Crippen molar-refractivity contribution in [2.45, 2.75) is 4.90 Å². The number of sulfonamides is 1. The normalized spacial score (nSPS) is 15.0. The predicted octanol–water partition coefficient (Wildman–Crippen LogP) is 0.799. The number of fused-ring (bicyclic) bond motifs is 1. The second-order valence-corrected chi connectivity index (χ2v) is 8.28. The summed E-state index contributed by atoms with van der Waals surface area (Å²) in [4.78, 5) is 15.7. The van der Waals surface area contributed by atoms with Crippen LogP contribution in [0.2, 0.25) is 0 Å². The Morgan fingerprint density at radius 2 is 1.97 bits per heavy atom. The van der Waals surface area contributed by atoms with Gasteiger partial charge in [-0.2, -0.15) is 0 Å². The number of nitrogens with zero attached hydrogens (tertiary/aromatic N) is 4. The number of anilines is 1. The first kappa shape index (κ1) is 19.6. The Morgan fingerprint density at radius 3 is 2.76 bits per heavy atom. The Labute approximate surface area is 168 Å². The number of benzene rings is 1. The van der Waals surface area contributed by atoms with Crippen LogP contribution in [0, 0.1) is 0 Å². The van der Waals surface area contributed by atoms with E-state index in [1.807, 2.05) is 12.1 Å². The van der Waals surface area contributed by atoms with E-state index in [9.17, 15) is 8.42 Å². The quantitative estimate of drug-likeness (QED) is 0.607. The van der Waals surface area contributed by atoms with Crippen molar-refractivity contribution < 1.29 is 18.3 Å². The summed E-state index contributed by atoms with van der Waals surface area (Å²) in [5.41, 5.74) is 2.67. The van der Waals surface area contributed by atoms with Gasteiger partial charge in [-0.3, -0.25) is 0 Å². The molecule has 1 aliphatic rings. The Balaban J connectivity index is 1.74. The van der Waals surface area contributed by atoms with Crippen LogP contribution in [-0.4, -0.2) is 67.9 Å². The highest BCUT2D eigenvalue weighted by Gasteiger charge is 2.18. The number of pyridine rings is 1. The van der Waals surface area contributed by atoms with Gasteiger partial charge in [0.2, 0.25) is 10.0 Å². The van der Waals surface area contributed by atoms with Gasteiger partial charge in [0.05, 0.1) is 35.9 Å². The third kappa shape index (κ3) is 4.20. The van der Waals surface area contributed by atoms with Crippen LogP contribution < -0.4 is 9.62 Å². The Bertz CT molecular complexity index is 1120. The van der Waals surface area contributed by atoms with Crippen molar-refractivity contribution in [3.05, 3.63) is 42.7 Å². The maximum atomic E-state index is 12.4. The molecule has 0 radical (unpaired) electrons. The largest absolute Gasteiger partial charge is 0.395 e. The molecular weight excluding hydrogens is 394 g/mol. The highest BCUT2D eigenvalue weighted by atomic mass is 32.2. The van der Waals surface area contributed by atoms with Crippen LogP contribution in [0.5, 0.6) is 0 Å². The minimum absolute atomic E-state index is 0.0406. The molecule has 4 rings (SSSR count). The van der Waals surface area contributed by atoms with Crippen LogP contribution in [0.3, 0.4) is 0 Å². The first-order valence-electron chi connectivity index (χ1n) is 9.24. The molecule has 0 bridgehead atoms. The van der Waals surface area contributed by atoms with E-state index in [-0.39, 0.29) is 18.0 Å². The number of rotatable bonds is 6. The zero-order chi connectivity index (χ0) is 20.3.